The Balaban J connectivity index is 1.41. The van der Waals surface area contributed by atoms with E-state index in [0.717, 1.165) is 17.0 Å². The first-order chi connectivity index (χ1) is 15.0. The lowest BCUT2D eigenvalue weighted by Gasteiger charge is -2.09. The lowest BCUT2D eigenvalue weighted by atomic mass is 10.2. The summed E-state index contributed by atoms with van der Waals surface area (Å²) in [6, 6.07) is 10.2. The minimum Gasteiger partial charge on any atom is -0.339 e. The Labute approximate surface area is 183 Å². The summed E-state index contributed by atoms with van der Waals surface area (Å²) >= 11 is 1.35. The van der Waals surface area contributed by atoms with Crippen LogP contribution in [0.2, 0.25) is 0 Å². The molecule has 4 rings (SSSR count). The van der Waals surface area contributed by atoms with Gasteiger partial charge >= 0.3 is 0 Å². The second-order valence-electron chi connectivity index (χ2n) is 7.36. The normalized spacial score (nSPS) is 11.5. The van der Waals surface area contributed by atoms with E-state index >= 15 is 0 Å². The molecule has 0 saturated carbocycles. The van der Waals surface area contributed by atoms with Gasteiger partial charge in [0.25, 0.3) is 5.91 Å². The molecule has 0 aliphatic rings. The summed E-state index contributed by atoms with van der Waals surface area (Å²) in [4.78, 5) is 21.5. The number of amides is 1. The molecule has 1 aromatic carbocycles. The number of thiazole rings is 1. The number of nitrogens with zero attached hydrogens (tertiary/aromatic N) is 4. The van der Waals surface area contributed by atoms with Crippen LogP contribution in [0.25, 0.3) is 12.2 Å². The lowest BCUT2D eigenvalue weighted by Crippen LogP contribution is -2.17. The van der Waals surface area contributed by atoms with Gasteiger partial charge in [-0.15, -0.1) is 11.3 Å². The van der Waals surface area contributed by atoms with Crippen LogP contribution in [0.4, 0.5) is 9.52 Å². The molecular formula is C23H22FN5OS. The molecule has 4 aromatic rings. The summed E-state index contributed by atoms with van der Waals surface area (Å²) in [5.41, 5.74) is 2.86. The number of halogens is 1. The maximum atomic E-state index is 13.4. The highest BCUT2D eigenvalue weighted by Gasteiger charge is 2.13. The molecule has 0 radical (unpaired) electrons. The third-order valence-corrected chi connectivity index (χ3v) is 5.47. The van der Waals surface area contributed by atoms with Gasteiger partial charge in [-0.1, -0.05) is 12.1 Å². The summed E-state index contributed by atoms with van der Waals surface area (Å²) in [5.74, 6) is -0.558. The van der Waals surface area contributed by atoms with Gasteiger partial charge in [0.05, 0.1) is 17.7 Å². The van der Waals surface area contributed by atoms with Crippen molar-refractivity contribution < 1.29 is 9.18 Å². The first-order valence-corrected chi connectivity index (χ1v) is 10.7. The van der Waals surface area contributed by atoms with Crippen LogP contribution in [0, 0.1) is 5.82 Å². The first kappa shape index (κ1) is 20.7. The molecule has 0 fully saturated rings. The molecule has 6 nitrogen and oxygen atoms in total. The second kappa shape index (κ2) is 9.09. The van der Waals surface area contributed by atoms with E-state index in [4.69, 9.17) is 0 Å². The van der Waals surface area contributed by atoms with E-state index in [-0.39, 0.29) is 11.7 Å². The number of carbonyl (C=O) groups excluding carboxylic acids is 1. The lowest BCUT2D eigenvalue weighted by molar-refractivity contribution is 0.101. The molecule has 0 unspecified atom stereocenters. The van der Waals surface area contributed by atoms with Crippen LogP contribution in [0.1, 0.15) is 47.3 Å². The largest absolute Gasteiger partial charge is 0.339 e. The number of benzene rings is 1. The SMILES string of the molecule is CC(C)n1cnc(C=Cc2csc(NC(=O)c3cccn3Cc3cccc(F)c3)n2)c1. The minimum atomic E-state index is -0.296. The summed E-state index contributed by atoms with van der Waals surface area (Å²) < 4.78 is 17.3. The third-order valence-electron chi connectivity index (χ3n) is 4.69. The molecule has 0 atom stereocenters. The van der Waals surface area contributed by atoms with Crippen LogP contribution >= 0.6 is 11.3 Å². The Hall–Kier alpha value is -3.52. The maximum Gasteiger partial charge on any atom is 0.274 e. The topological polar surface area (TPSA) is 64.7 Å². The van der Waals surface area contributed by atoms with E-state index in [1.54, 1.807) is 35.3 Å². The zero-order valence-electron chi connectivity index (χ0n) is 17.2. The number of imidazole rings is 1. The predicted octanol–water partition coefficient (Wildman–Crippen LogP) is 5.33. The number of aromatic nitrogens is 4. The number of anilines is 1. The fourth-order valence-corrected chi connectivity index (χ4v) is 3.74. The van der Waals surface area contributed by atoms with Crippen molar-refractivity contribution >= 4 is 34.5 Å². The molecule has 0 bridgehead atoms. The van der Waals surface area contributed by atoms with Gasteiger partial charge in [0, 0.05) is 30.4 Å². The quantitative estimate of drug-likeness (QED) is 0.427. The molecular weight excluding hydrogens is 413 g/mol. The Morgan fingerprint density at radius 2 is 2.06 bits per heavy atom. The molecule has 0 spiro atoms. The van der Waals surface area contributed by atoms with Gasteiger partial charge in [-0.2, -0.15) is 0 Å². The fraction of sp³-hybridized carbons (Fsp3) is 0.174. The van der Waals surface area contributed by atoms with Gasteiger partial charge in [-0.05, 0) is 55.8 Å². The number of hydrogen-bond acceptors (Lipinski definition) is 4. The van der Waals surface area contributed by atoms with E-state index < -0.39 is 0 Å². The van der Waals surface area contributed by atoms with Crippen molar-refractivity contribution in [3.8, 4) is 0 Å². The molecule has 0 aliphatic heterocycles. The standard InChI is InChI=1S/C23H22FN5OS/c1-16(2)29-13-19(25-15-29)8-9-20-14-31-23(26-20)27-22(30)21-7-4-10-28(21)12-17-5-3-6-18(24)11-17/h3-11,13-16H,12H2,1-2H3,(H,26,27,30). The number of rotatable bonds is 7. The van der Waals surface area contributed by atoms with Gasteiger partial charge in [0.1, 0.15) is 11.5 Å². The Morgan fingerprint density at radius 1 is 1.23 bits per heavy atom. The molecule has 8 heteroatoms. The maximum absolute atomic E-state index is 13.4. The van der Waals surface area contributed by atoms with Gasteiger partial charge in [0.2, 0.25) is 0 Å². The van der Waals surface area contributed by atoms with Gasteiger partial charge in [-0.25, -0.2) is 14.4 Å². The predicted molar refractivity (Wildman–Crippen MR) is 122 cm³/mol. The van der Waals surface area contributed by atoms with Crippen molar-refractivity contribution in [1.29, 1.82) is 0 Å². The second-order valence-corrected chi connectivity index (χ2v) is 8.21. The highest BCUT2D eigenvalue weighted by atomic mass is 32.1. The highest BCUT2D eigenvalue weighted by molar-refractivity contribution is 7.14. The van der Waals surface area contributed by atoms with Crippen LogP contribution in [-0.2, 0) is 6.54 Å². The van der Waals surface area contributed by atoms with Crippen LogP contribution in [0.15, 0.2) is 60.5 Å². The molecule has 0 saturated heterocycles. The van der Waals surface area contributed by atoms with Crippen molar-refractivity contribution in [2.45, 2.75) is 26.4 Å². The molecule has 3 aromatic heterocycles. The minimum absolute atomic E-state index is 0.262. The van der Waals surface area contributed by atoms with Crippen molar-refractivity contribution in [2.24, 2.45) is 0 Å². The van der Waals surface area contributed by atoms with E-state index in [1.807, 2.05) is 34.4 Å². The summed E-state index contributed by atoms with van der Waals surface area (Å²) in [6.45, 7) is 4.60. The Bertz CT molecular complexity index is 1220. The Kier molecular flexibility index (Phi) is 6.08. The Morgan fingerprint density at radius 3 is 2.84 bits per heavy atom. The fourth-order valence-electron chi connectivity index (χ4n) is 3.06. The average molecular weight is 436 g/mol. The summed E-state index contributed by atoms with van der Waals surface area (Å²) in [7, 11) is 0. The van der Waals surface area contributed by atoms with Gasteiger partial charge in [0.15, 0.2) is 5.13 Å². The third kappa shape index (κ3) is 5.16. The highest BCUT2D eigenvalue weighted by Crippen LogP contribution is 2.19. The molecule has 158 valence electrons. The summed E-state index contributed by atoms with van der Waals surface area (Å²) in [6.07, 6.45) is 9.33. The van der Waals surface area contributed by atoms with Crippen LogP contribution in [-0.4, -0.2) is 25.0 Å². The number of hydrogen-bond donors (Lipinski definition) is 1. The number of carbonyl (C=O) groups is 1. The smallest absolute Gasteiger partial charge is 0.274 e. The van der Waals surface area contributed by atoms with Crippen LogP contribution in [0.5, 0.6) is 0 Å². The molecule has 31 heavy (non-hydrogen) atoms. The van der Waals surface area contributed by atoms with Crippen LogP contribution < -0.4 is 5.32 Å². The van der Waals surface area contributed by atoms with Gasteiger partial charge in [-0.3, -0.25) is 10.1 Å². The van der Waals surface area contributed by atoms with Crippen molar-refractivity contribution in [2.75, 3.05) is 5.32 Å². The number of nitrogens with one attached hydrogen (secondary N) is 1. The zero-order valence-corrected chi connectivity index (χ0v) is 18.0. The van der Waals surface area contributed by atoms with E-state index in [1.165, 1.54) is 23.5 Å². The van der Waals surface area contributed by atoms with Gasteiger partial charge < -0.3 is 9.13 Å². The van der Waals surface area contributed by atoms with Crippen molar-refractivity contribution in [3.05, 3.63) is 89.0 Å². The van der Waals surface area contributed by atoms with E-state index in [9.17, 15) is 9.18 Å². The van der Waals surface area contributed by atoms with E-state index in [0.29, 0.717) is 23.4 Å². The molecule has 3 heterocycles. The zero-order chi connectivity index (χ0) is 21.8. The first-order valence-electron chi connectivity index (χ1n) is 9.86. The van der Waals surface area contributed by atoms with E-state index in [2.05, 4.69) is 29.1 Å². The van der Waals surface area contributed by atoms with Crippen LogP contribution in [0.3, 0.4) is 0 Å². The average Bonchev–Trinajstić information content (AvgIpc) is 3.47. The monoisotopic (exact) mass is 435 g/mol. The molecule has 0 aliphatic carbocycles. The van der Waals surface area contributed by atoms with Crippen molar-refractivity contribution in [1.82, 2.24) is 19.1 Å². The van der Waals surface area contributed by atoms with Crippen molar-refractivity contribution in [3.63, 3.8) is 0 Å². The molecule has 1 N–H and O–H groups in total. The molecule has 1 amide bonds. The summed E-state index contributed by atoms with van der Waals surface area (Å²) in [5, 5.41) is 5.22.